The van der Waals surface area contributed by atoms with Crippen molar-refractivity contribution in [2.24, 2.45) is 5.92 Å². The molecule has 0 aromatic carbocycles. The van der Waals surface area contributed by atoms with Gasteiger partial charge in [0.15, 0.2) is 6.29 Å². The van der Waals surface area contributed by atoms with Crippen LogP contribution in [-0.4, -0.2) is 60.2 Å². The summed E-state index contributed by atoms with van der Waals surface area (Å²) in [6.45, 7) is 1.61. The zero-order valence-corrected chi connectivity index (χ0v) is 20.5. The van der Waals surface area contributed by atoms with Crippen molar-refractivity contribution in [3.05, 3.63) is 11.8 Å². The van der Waals surface area contributed by atoms with Crippen LogP contribution in [0.3, 0.4) is 0 Å². The molecular weight excluding hydrogens is 748 g/mol. The Kier molecular flexibility index (Phi) is 15.9. The maximum Gasteiger partial charge on any atom is 1.00 e. The minimum atomic E-state index is -0.715. The van der Waals surface area contributed by atoms with Gasteiger partial charge in [0.1, 0.15) is 6.10 Å². The van der Waals surface area contributed by atoms with E-state index in [1.165, 1.54) is 6.26 Å². The molecule has 0 saturated carbocycles. The molecule has 0 amide bonds. The molecule has 3 N–H and O–H groups in total. The Morgan fingerprint density at radius 3 is 2.55 bits per heavy atom. The summed E-state index contributed by atoms with van der Waals surface area (Å²) in [6.07, 6.45) is 2.11. The van der Waals surface area contributed by atoms with Gasteiger partial charge in [-0.25, -0.2) is 0 Å². The molecule has 0 aromatic rings. The summed E-state index contributed by atoms with van der Waals surface area (Å²) in [4.78, 5) is 0. The molecule has 3 rings (SSSR count). The van der Waals surface area contributed by atoms with Gasteiger partial charge in [-0.1, -0.05) is 0 Å². The third-order valence-electron chi connectivity index (χ3n) is 3.35. The molecule has 0 radical (unpaired) electrons. The summed E-state index contributed by atoms with van der Waals surface area (Å²) in [5.74, 6) is 0.255. The molecule has 22 heavy (non-hydrogen) atoms. The molecule has 4 atom stereocenters. The third-order valence-corrected chi connectivity index (χ3v) is 3.35. The Bertz CT molecular complexity index is 326. The molecule has 2 saturated heterocycles. The van der Waals surface area contributed by atoms with Crippen molar-refractivity contribution < 1.29 is 44.2 Å². The zero-order chi connectivity index (χ0) is 15.7. The van der Waals surface area contributed by atoms with Gasteiger partial charge in [-0.05, 0) is 12.0 Å². The van der Waals surface area contributed by atoms with E-state index in [2.05, 4.69) is 37.2 Å². The summed E-state index contributed by atoms with van der Waals surface area (Å²) in [6, 6.07) is 0. The predicted octanol–water partition coefficient (Wildman–Crippen LogP) is -1.11. The number of hydrogen-bond donors (Lipinski definition) is 3. The van der Waals surface area contributed by atoms with Gasteiger partial charge in [0.25, 0.3) is 0 Å². The fraction of sp³-hybridized carbons (Fsp3) is 0.833. The summed E-state index contributed by atoms with van der Waals surface area (Å²) in [7, 11) is 0. The number of halogens is 4. The second kappa shape index (κ2) is 14.4. The van der Waals surface area contributed by atoms with Gasteiger partial charge in [-0.15, -0.1) is 24.0 Å². The van der Waals surface area contributed by atoms with Crippen LogP contribution in [0.25, 0.3) is 0 Å². The van der Waals surface area contributed by atoms with E-state index in [1.807, 2.05) is 0 Å². The van der Waals surface area contributed by atoms with E-state index in [1.54, 1.807) is 0 Å². The number of aliphatic hydroxyl groups excluding tert-OH is 3. The maximum atomic E-state index is 9.19. The summed E-state index contributed by atoms with van der Waals surface area (Å²) < 4.78 is 15.1. The van der Waals surface area contributed by atoms with E-state index in [-0.39, 0.29) is 50.3 Å². The average molecular weight is 770 g/mol. The van der Waals surface area contributed by atoms with Crippen molar-refractivity contribution in [3.63, 3.8) is 0 Å². The van der Waals surface area contributed by atoms with Gasteiger partial charge in [0, 0.05) is 12.3 Å². The van der Waals surface area contributed by atoms with Gasteiger partial charge in [0.05, 0.1) is 38.8 Å². The minimum Gasteiger partial charge on any atom is -0.501 e. The van der Waals surface area contributed by atoms with Crippen molar-refractivity contribution in [1.82, 2.24) is 0 Å². The van der Waals surface area contributed by atoms with Crippen LogP contribution < -0.4 is 13.3 Å². The van der Waals surface area contributed by atoms with Gasteiger partial charge in [0.2, 0.25) is 0 Å². The van der Waals surface area contributed by atoms with Crippen LogP contribution in [0.2, 0.25) is 0 Å². The summed E-state index contributed by atoms with van der Waals surface area (Å²) in [5.41, 5.74) is 0.789. The third kappa shape index (κ3) is 8.57. The monoisotopic (exact) mass is 770 g/mol. The van der Waals surface area contributed by atoms with Crippen molar-refractivity contribution in [2.75, 3.05) is 26.4 Å². The van der Waals surface area contributed by atoms with Crippen LogP contribution in [0.5, 0.6) is 0 Å². The smallest absolute Gasteiger partial charge is 0.501 e. The Morgan fingerprint density at radius 2 is 2.05 bits per heavy atom. The van der Waals surface area contributed by atoms with E-state index in [9.17, 15) is 5.11 Å². The topological polar surface area (TPSA) is 88.4 Å². The molecular formula is C12H22I4O6. The van der Waals surface area contributed by atoms with Gasteiger partial charge in [-0.2, -0.15) is 0 Å². The Hall–Kier alpha value is 2.26. The molecule has 3 aliphatic rings. The van der Waals surface area contributed by atoms with E-state index in [0.717, 1.165) is 25.0 Å². The van der Waals surface area contributed by atoms with Crippen LogP contribution in [0, 0.1) is 5.92 Å². The number of ether oxygens (including phenoxy) is 3. The molecule has 4 unspecified atom stereocenters. The first-order valence-corrected chi connectivity index (χ1v) is 19.1. The van der Waals surface area contributed by atoms with Gasteiger partial charge in [-0.3, -0.25) is 0 Å². The zero-order valence-electron chi connectivity index (χ0n) is 12.7. The van der Waals surface area contributed by atoms with E-state index >= 15 is 0 Å². The first kappa shape index (κ1) is 24.3. The Morgan fingerprint density at radius 1 is 1.36 bits per heavy atom. The Balaban J connectivity index is 0. The summed E-state index contributed by atoms with van der Waals surface area (Å²) in [5, 5.41) is 26.6. The first-order valence-electron chi connectivity index (χ1n) is 6.51. The summed E-state index contributed by atoms with van der Waals surface area (Å²) >= 11 is 5.30. The fourth-order valence-electron chi connectivity index (χ4n) is 2.21. The quantitative estimate of drug-likeness (QED) is 0.310. The number of rotatable bonds is 2. The van der Waals surface area contributed by atoms with Crippen LogP contribution >= 0.6 is 61.2 Å². The molecule has 3 heterocycles. The first-order chi connectivity index (χ1) is 10.1. The van der Waals surface area contributed by atoms with Crippen molar-refractivity contribution >= 4 is 61.2 Å². The standard InChI is InChI=1S/2C6H10O3.I3.HI/c7-5-3-9-6-4(5)1-2-8-6;7-3-6(8)5-1-2-9-4-5;1-3-2;/h4-7H,1-3H2;4,6-8H,1-3H2;;1H/q;;-1;/p+1. The van der Waals surface area contributed by atoms with Crippen molar-refractivity contribution in [3.8, 4) is 0 Å². The van der Waals surface area contributed by atoms with Crippen molar-refractivity contribution in [1.29, 1.82) is 0 Å². The molecule has 10 heteroatoms. The second-order valence-corrected chi connectivity index (χ2v) is 20.9. The average Bonchev–Trinajstić information content (AvgIpc) is 3.19. The largest absolute Gasteiger partial charge is 1.00 e. The predicted molar refractivity (Wildman–Crippen MR) is 106 cm³/mol. The van der Waals surface area contributed by atoms with Gasteiger partial charge < -0.3 is 29.5 Å². The van der Waals surface area contributed by atoms with Crippen LogP contribution in [-0.2, 0) is 14.2 Å². The fourth-order valence-corrected chi connectivity index (χ4v) is 2.21. The van der Waals surface area contributed by atoms with E-state index in [0.29, 0.717) is 26.5 Å². The van der Waals surface area contributed by atoms with Crippen LogP contribution in [0.4, 0.5) is 0 Å². The molecule has 0 aliphatic carbocycles. The Labute approximate surface area is 178 Å². The number of aliphatic hydroxyl groups is 3. The molecule has 6 nitrogen and oxygen atoms in total. The maximum absolute atomic E-state index is 9.19. The second-order valence-electron chi connectivity index (χ2n) is 4.66. The number of hydrogen-bond acceptors (Lipinski definition) is 6. The van der Waals surface area contributed by atoms with Crippen LogP contribution in [0.15, 0.2) is 11.8 Å². The van der Waals surface area contributed by atoms with E-state index < -0.39 is 6.10 Å². The van der Waals surface area contributed by atoms with Crippen molar-refractivity contribution in [2.45, 2.75) is 31.3 Å². The molecule has 0 spiro atoms. The molecule has 3 aliphatic heterocycles. The molecule has 0 aromatic heterocycles. The number of fused-ring (bicyclic) bond motifs is 1. The molecule has 134 valence electrons. The minimum absolute atomic E-state index is 0. The normalized spacial score (nSPS) is 29.9. The van der Waals surface area contributed by atoms with E-state index in [4.69, 9.17) is 24.4 Å². The molecule has 2 fully saturated rings. The van der Waals surface area contributed by atoms with Crippen LogP contribution in [0.1, 0.15) is 14.3 Å². The van der Waals surface area contributed by atoms with Gasteiger partial charge >= 0.3 is 51.9 Å². The SMILES string of the molecule is I.I[I-]I.OC1COC2OCCC12.OCC(O)C1=COCC1.[H+]. The molecule has 0 bridgehead atoms.